The van der Waals surface area contributed by atoms with Crippen molar-refractivity contribution in [3.63, 3.8) is 0 Å². The second kappa shape index (κ2) is 8.13. The maximum Gasteiger partial charge on any atom is -0.00108 e. The quantitative estimate of drug-likeness (QED) is 0.407. The largest absolute Gasteiger partial charge is 0.0877 e. The summed E-state index contributed by atoms with van der Waals surface area (Å²) in [6.07, 6.45) is 14.4. The topological polar surface area (TPSA) is 0 Å². The molecule has 0 saturated heterocycles. The van der Waals surface area contributed by atoms with Crippen LogP contribution in [0.4, 0.5) is 0 Å². The zero-order valence-electron chi connectivity index (χ0n) is 13.2. The fourth-order valence-electron chi connectivity index (χ4n) is 1.91. The van der Waals surface area contributed by atoms with Gasteiger partial charge in [-0.15, -0.1) is 0 Å². The van der Waals surface area contributed by atoms with E-state index in [-0.39, 0.29) is 5.41 Å². The molecule has 0 aliphatic carbocycles. The summed E-state index contributed by atoms with van der Waals surface area (Å²) < 4.78 is 0. The van der Waals surface area contributed by atoms with E-state index < -0.39 is 0 Å². The van der Waals surface area contributed by atoms with Crippen LogP contribution < -0.4 is 0 Å². The van der Waals surface area contributed by atoms with E-state index >= 15 is 0 Å². The van der Waals surface area contributed by atoms with Crippen LogP contribution in [0, 0.1) is 11.3 Å². The van der Waals surface area contributed by atoms with Crippen LogP contribution in [-0.2, 0) is 0 Å². The van der Waals surface area contributed by atoms with Gasteiger partial charge in [0.15, 0.2) is 0 Å². The minimum absolute atomic E-state index is 0.256. The zero-order chi connectivity index (χ0) is 14.2. The average Bonchev–Trinajstić information content (AvgIpc) is 2.30. The van der Waals surface area contributed by atoms with Crippen LogP contribution >= 0.6 is 0 Å². The lowest BCUT2D eigenvalue weighted by molar-refractivity contribution is 0.539. The van der Waals surface area contributed by atoms with E-state index in [1.54, 1.807) is 0 Å². The van der Waals surface area contributed by atoms with Crippen molar-refractivity contribution < 1.29 is 0 Å². The van der Waals surface area contributed by atoms with Crippen LogP contribution in [0.1, 0.15) is 54.9 Å². The molecule has 0 rings (SSSR count). The lowest BCUT2D eigenvalue weighted by Gasteiger charge is -2.17. The Morgan fingerprint density at radius 3 is 2.17 bits per heavy atom. The average molecular weight is 246 g/mol. The normalized spacial score (nSPS) is 16.8. The second-order valence-corrected chi connectivity index (χ2v) is 5.83. The maximum absolute atomic E-state index is 2.33. The molecule has 0 aromatic heterocycles. The molecule has 0 spiro atoms. The predicted molar refractivity (Wildman–Crippen MR) is 84.7 cm³/mol. The summed E-state index contributed by atoms with van der Waals surface area (Å²) in [4.78, 5) is 0. The minimum atomic E-state index is 0.256. The molecule has 0 aliphatic rings. The van der Waals surface area contributed by atoms with Crippen LogP contribution in [0.25, 0.3) is 0 Å². The summed E-state index contributed by atoms with van der Waals surface area (Å²) in [5, 5.41) is 0. The highest BCUT2D eigenvalue weighted by Gasteiger charge is 2.10. The summed E-state index contributed by atoms with van der Waals surface area (Å²) in [6, 6.07) is 0. The van der Waals surface area contributed by atoms with Crippen molar-refractivity contribution in [2.24, 2.45) is 11.3 Å². The van der Waals surface area contributed by atoms with Gasteiger partial charge in [-0.2, -0.15) is 0 Å². The number of hydrogen-bond acceptors (Lipinski definition) is 0. The maximum atomic E-state index is 2.33. The summed E-state index contributed by atoms with van der Waals surface area (Å²) in [5.74, 6) is 0.477. The predicted octanol–water partition coefficient (Wildman–Crippen LogP) is 6.08. The third-order valence-electron chi connectivity index (χ3n) is 2.93. The van der Waals surface area contributed by atoms with E-state index in [0.717, 1.165) is 6.42 Å². The number of allylic oxidation sites excluding steroid dienone is 8. The molecule has 0 heterocycles. The lowest BCUT2D eigenvalue weighted by Crippen LogP contribution is -2.03. The van der Waals surface area contributed by atoms with Gasteiger partial charge in [0.1, 0.15) is 0 Å². The molecule has 0 heteroatoms. The number of hydrogen-bond donors (Lipinski definition) is 0. The summed E-state index contributed by atoms with van der Waals surface area (Å²) >= 11 is 0. The third kappa shape index (κ3) is 6.64. The van der Waals surface area contributed by atoms with Gasteiger partial charge in [-0.1, -0.05) is 71.1 Å². The molecule has 0 nitrogen and oxygen atoms in total. The van der Waals surface area contributed by atoms with Gasteiger partial charge >= 0.3 is 0 Å². The van der Waals surface area contributed by atoms with Crippen molar-refractivity contribution in [3.05, 3.63) is 47.6 Å². The highest BCUT2D eigenvalue weighted by molar-refractivity contribution is 5.36. The lowest BCUT2D eigenvalue weighted by atomic mass is 9.88. The smallest absolute Gasteiger partial charge is 0.00108 e. The van der Waals surface area contributed by atoms with Crippen LogP contribution in [0.5, 0.6) is 0 Å². The zero-order valence-corrected chi connectivity index (χ0v) is 13.2. The van der Waals surface area contributed by atoms with Crippen molar-refractivity contribution in [2.45, 2.75) is 54.9 Å². The molecular weight excluding hydrogens is 216 g/mol. The highest BCUT2D eigenvalue weighted by Crippen LogP contribution is 2.25. The molecule has 0 radical (unpaired) electrons. The fraction of sp³-hybridized carbons (Fsp3) is 0.556. The van der Waals surface area contributed by atoms with Gasteiger partial charge in [-0.05, 0) is 42.7 Å². The van der Waals surface area contributed by atoms with E-state index in [9.17, 15) is 0 Å². The Morgan fingerprint density at radius 2 is 1.78 bits per heavy atom. The highest BCUT2D eigenvalue weighted by atomic mass is 14.2. The summed E-state index contributed by atoms with van der Waals surface area (Å²) in [6.45, 7) is 15.4. The van der Waals surface area contributed by atoms with Crippen LogP contribution in [0.2, 0.25) is 0 Å². The second-order valence-electron chi connectivity index (χ2n) is 5.83. The molecule has 0 N–H and O–H groups in total. The van der Waals surface area contributed by atoms with E-state index in [4.69, 9.17) is 0 Å². The third-order valence-corrected chi connectivity index (χ3v) is 2.93. The molecule has 1 unspecified atom stereocenters. The van der Waals surface area contributed by atoms with Gasteiger partial charge < -0.3 is 0 Å². The van der Waals surface area contributed by atoms with E-state index in [1.807, 2.05) is 0 Å². The minimum Gasteiger partial charge on any atom is -0.0877 e. The van der Waals surface area contributed by atoms with Crippen LogP contribution in [0.3, 0.4) is 0 Å². The molecule has 0 aromatic carbocycles. The van der Waals surface area contributed by atoms with Gasteiger partial charge in [-0.25, -0.2) is 0 Å². The van der Waals surface area contributed by atoms with Crippen LogP contribution in [-0.4, -0.2) is 0 Å². The number of rotatable bonds is 5. The first-order chi connectivity index (χ1) is 8.35. The molecule has 0 saturated carbocycles. The summed E-state index contributed by atoms with van der Waals surface area (Å²) in [7, 11) is 0. The Labute approximate surface area is 114 Å². The van der Waals surface area contributed by atoms with Crippen molar-refractivity contribution in [1.82, 2.24) is 0 Å². The van der Waals surface area contributed by atoms with Gasteiger partial charge in [0.05, 0.1) is 0 Å². The molecular formula is C18H30. The Bertz CT molecular complexity index is 343. The molecule has 102 valence electrons. The van der Waals surface area contributed by atoms with E-state index in [1.165, 1.54) is 11.1 Å². The van der Waals surface area contributed by atoms with Crippen molar-refractivity contribution in [2.75, 3.05) is 0 Å². The Balaban J connectivity index is 5.04. The van der Waals surface area contributed by atoms with Gasteiger partial charge in [0, 0.05) is 0 Å². The van der Waals surface area contributed by atoms with Crippen molar-refractivity contribution >= 4 is 0 Å². The SMILES string of the molecule is C\C=C/C=C(CC)/C(=C\C)C(C)/C=C/C(C)(C)C. The molecule has 0 aliphatic heterocycles. The Kier molecular flexibility index (Phi) is 7.66. The molecule has 0 fully saturated rings. The van der Waals surface area contributed by atoms with Crippen molar-refractivity contribution in [3.8, 4) is 0 Å². The first-order valence-corrected chi connectivity index (χ1v) is 7.03. The van der Waals surface area contributed by atoms with E-state index in [2.05, 4.69) is 84.9 Å². The first kappa shape index (κ1) is 17.0. The molecule has 1 atom stereocenters. The standard InChI is InChI=1S/C18H30/c1-8-11-12-16(9-2)17(10-3)15(4)13-14-18(5,6)7/h8,10-15H,9H2,1-7H3/b11-8-,14-13+,16-12+,17-10-. The molecule has 0 bridgehead atoms. The summed E-state index contributed by atoms with van der Waals surface area (Å²) in [5.41, 5.74) is 3.13. The van der Waals surface area contributed by atoms with Crippen LogP contribution in [0.15, 0.2) is 47.6 Å². The Hall–Kier alpha value is -1.04. The van der Waals surface area contributed by atoms with Gasteiger partial charge in [0.2, 0.25) is 0 Å². The fourth-order valence-corrected chi connectivity index (χ4v) is 1.91. The first-order valence-electron chi connectivity index (χ1n) is 7.03. The van der Waals surface area contributed by atoms with Gasteiger partial charge in [0.25, 0.3) is 0 Å². The van der Waals surface area contributed by atoms with E-state index in [0.29, 0.717) is 5.92 Å². The Morgan fingerprint density at radius 1 is 1.17 bits per heavy atom. The molecule has 0 aromatic rings. The van der Waals surface area contributed by atoms with Gasteiger partial charge in [-0.3, -0.25) is 0 Å². The van der Waals surface area contributed by atoms with Crippen molar-refractivity contribution in [1.29, 1.82) is 0 Å². The monoisotopic (exact) mass is 246 g/mol. The molecule has 0 amide bonds. The molecule has 18 heavy (non-hydrogen) atoms.